The Balaban J connectivity index is 0.00000256. The van der Waals surface area contributed by atoms with Gasteiger partial charge < -0.3 is 24.8 Å². The molecule has 4 rings (SSSR count). The van der Waals surface area contributed by atoms with Gasteiger partial charge in [-0.15, -0.1) is 24.0 Å². The van der Waals surface area contributed by atoms with E-state index in [2.05, 4.69) is 33.8 Å². The smallest absolute Gasteiger partial charge is 0.191 e. The number of ether oxygens (including phenoxy) is 3. The van der Waals surface area contributed by atoms with Gasteiger partial charge in [-0.05, 0) is 41.3 Å². The van der Waals surface area contributed by atoms with E-state index in [1.165, 1.54) is 11.1 Å². The fourth-order valence-electron chi connectivity index (χ4n) is 3.51. The monoisotopic (exact) mass is 543 g/mol. The highest BCUT2D eigenvalue weighted by molar-refractivity contribution is 14.0. The van der Waals surface area contributed by atoms with Gasteiger partial charge in [0.05, 0.1) is 24.8 Å². The second-order valence-electron chi connectivity index (χ2n) is 7.10. The van der Waals surface area contributed by atoms with E-state index < -0.39 is 0 Å². The van der Waals surface area contributed by atoms with Crippen LogP contribution in [0.4, 0.5) is 0 Å². The van der Waals surface area contributed by atoms with Crippen molar-refractivity contribution in [2.24, 2.45) is 4.99 Å². The minimum Gasteiger partial charge on any atom is -0.493 e. The normalized spacial score (nSPS) is 14.8. The summed E-state index contributed by atoms with van der Waals surface area (Å²) in [4.78, 5) is 4.30. The minimum absolute atomic E-state index is 0. The molecule has 0 saturated carbocycles. The SMILES string of the molecule is CN=C(NCCc1ccc2c(c1)CCO2)NCc1cc(Cl)c2c(c1)OCCCO2.I. The molecule has 0 atom stereocenters. The van der Waals surface area contributed by atoms with Crippen LogP contribution in [0.2, 0.25) is 5.02 Å². The molecule has 0 bridgehead atoms. The molecule has 2 aromatic carbocycles. The molecule has 0 unspecified atom stereocenters. The Morgan fingerprint density at radius 1 is 1.00 bits per heavy atom. The molecule has 2 aliphatic rings. The Morgan fingerprint density at radius 2 is 1.83 bits per heavy atom. The average Bonchev–Trinajstić information content (AvgIpc) is 3.06. The first kappa shape index (κ1) is 22.8. The lowest BCUT2D eigenvalue weighted by molar-refractivity contribution is 0.297. The Labute approximate surface area is 199 Å². The number of rotatable bonds is 5. The third-order valence-corrected chi connectivity index (χ3v) is 5.29. The number of hydrogen-bond donors (Lipinski definition) is 2. The topological polar surface area (TPSA) is 64.1 Å². The van der Waals surface area contributed by atoms with Crippen LogP contribution >= 0.6 is 35.6 Å². The summed E-state index contributed by atoms with van der Waals surface area (Å²) in [6, 6.07) is 10.3. The van der Waals surface area contributed by atoms with Gasteiger partial charge in [0.15, 0.2) is 17.5 Å². The first-order chi connectivity index (χ1) is 14.2. The summed E-state index contributed by atoms with van der Waals surface area (Å²) in [7, 11) is 1.77. The number of benzene rings is 2. The fraction of sp³-hybridized carbons (Fsp3) is 0.409. The maximum atomic E-state index is 6.37. The summed E-state index contributed by atoms with van der Waals surface area (Å²) in [6.07, 6.45) is 2.77. The molecule has 2 heterocycles. The van der Waals surface area contributed by atoms with Crippen LogP contribution in [0.5, 0.6) is 17.2 Å². The number of halogens is 2. The molecule has 0 fully saturated rings. The van der Waals surface area contributed by atoms with Crippen LogP contribution in [0, 0.1) is 0 Å². The van der Waals surface area contributed by atoms with Crippen LogP contribution in [0.3, 0.4) is 0 Å². The van der Waals surface area contributed by atoms with Crippen molar-refractivity contribution in [2.75, 3.05) is 33.4 Å². The lowest BCUT2D eigenvalue weighted by atomic mass is 10.1. The lowest BCUT2D eigenvalue weighted by Crippen LogP contribution is -2.37. The van der Waals surface area contributed by atoms with Crippen molar-refractivity contribution in [1.82, 2.24) is 10.6 Å². The van der Waals surface area contributed by atoms with Gasteiger partial charge in [-0.1, -0.05) is 23.7 Å². The van der Waals surface area contributed by atoms with Gasteiger partial charge in [0, 0.05) is 33.0 Å². The van der Waals surface area contributed by atoms with E-state index in [0.29, 0.717) is 36.3 Å². The zero-order valence-electron chi connectivity index (χ0n) is 17.0. The van der Waals surface area contributed by atoms with Crippen LogP contribution in [0.25, 0.3) is 0 Å². The summed E-state index contributed by atoms with van der Waals surface area (Å²) < 4.78 is 17.0. The number of aliphatic imine (C=N–C) groups is 1. The second-order valence-corrected chi connectivity index (χ2v) is 7.51. The number of nitrogens with zero attached hydrogens (tertiary/aromatic N) is 1. The van der Waals surface area contributed by atoms with Crippen molar-refractivity contribution in [3.63, 3.8) is 0 Å². The van der Waals surface area contributed by atoms with Crippen LogP contribution in [0.15, 0.2) is 35.3 Å². The highest BCUT2D eigenvalue weighted by atomic mass is 127. The molecule has 0 saturated heterocycles. The summed E-state index contributed by atoms with van der Waals surface area (Å²) in [5.74, 6) is 3.11. The van der Waals surface area contributed by atoms with E-state index in [-0.39, 0.29) is 24.0 Å². The van der Waals surface area contributed by atoms with E-state index >= 15 is 0 Å². The molecular weight excluding hydrogens is 517 g/mol. The molecule has 162 valence electrons. The van der Waals surface area contributed by atoms with E-state index in [0.717, 1.165) is 49.7 Å². The Hall–Kier alpha value is -1.87. The van der Waals surface area contributed by atoms with Crippen LogP contribution in [-0.4, -0.2) is 39.4 Å². The minimum atomic E-state index is 0. The molecule has 0 radical (unpaired) electrons. The first-order valence-electron chi connectivity index (χ1n) is 10.00. The average molecular weight is 544 g/mol. The fourth-order valence-corrected chi connectivity index (χ4v) is 3.80. The zero-order valence-corrected chi connectivity index (χ0v) is 20.1. The molecule has 0 amide bonds. The molecule has 30 heavy (non-hydrogen) atoms. The molecular formula is C22H27ClIN3O3. The second kappa shape index (κ2) is 10.9. The Kier molecular flexibility index (Phi) is 8.32. The van der Waals surface area contributed by atoms with E-state index in [1.54, 1.807) is 7.05 Å². The molecule has 8 heteroatoms. The molecule has 2 aliphatic heterocycles. The number of hydrogen-bond acceptors (Lipinski definition) is 4. The van der Waals surface area contributed by atoms with Crippen molar-refractivity contribution in [3.05, 3.63) is 52.0 Å². The number of fused-ring (bicyclic) bond motifs is 2. The maximum Gasteiger partial charge on any atom is 0.191 e. The standard InChI is InChI=1S/C22H26ClN3O3.HI/c1-24-22(25-7-5-15-3-4-19-17(11-15)6-10-28-19)26-14-16-12-18(23)21-20(13-16)27-8-2-9-29-21;/h3-4,11-13H,2,5-10,14H2,1H3,(H2,24,25,26);1H. The van der Waals surface area contributed by atoms with Crippen LogP contribution in [0.1, 0.15) is 23.1 Å². The van der Waals surface area contributed by atoms with Gasteiger partial charge in [0.25, 0.3) is 0 Å². The van der Waals surface area contributed by atoms with E-state index in [9.17, 15) is 0 Å². The quantitative estimate of drug-likeness (QED) is 0.340. The molecule has 0 aromatic heterocycles. The van der Waals surface area contributed by atoms with Crippen molar-refractivity contribution < 1.29 is 14.2 Å². The first-order valence-corrected chi connectivity index (χ1v) is 10.4. The molecule has 6 nitrogen and oxygen atoms in total. The Bertz CT molecular complexity index is 907. The Morgan fingerprint density at radius 3 is 2.70 bits per heavy atom. The zero-order chi connectivity index (χ0) is 20.1. The third-order valence-electron chi connectivity index (χ3n) is 5.01. The summed E-state index contributed by atoms with van der Waals surface area (Å²) in [5.41, 5.74) is 3.61. The summed E-state index contributed by atoms with van der Waals surface area (Å²) in [5, 5.41) is 7.26. The summed E-state index contributed by atoms with van der Waals surface area (Å²) in [6.45, 7) is 3.43. The molecule has 0 aliphatic carbocycles. The number of guanidine groups is 1. The van der Waals surface area contributed by atoms with Crippen molar-refractivity contribution >= 4 is 41.5 Å². The summed E-state index contributed by atoms with van der Waals surface area (Å²) >= 11 is 6.37. The van der Waals surface area contributed by atoms with Crippen molar-refractivity contribution in [1.29, 1.82) is 0 Å². The van der Waals surface area contributed by atoms with Gasteiger partial charge in [-0.2, -0.15) is 0 Å². The van der Waals surface area contributed by atoms with E-state index in [1.807, 2.05) is 12.1 Å². The molecule has 0 spiro atoms. The van der Waals surface area contributed by atoms with Crippen LogP contribution in [-0.2, 0) is 19.4 Å². The van der Waals surface area contributed by atoms with Gasteiger partial charge in [0.2, 0.25) is 0 Å². The number of nitrogens with one attached hydrogen (secondary N) is 2. The maximum absolute atomic E-state index is 6.37. The van der Waals surface area contributed by atoms with Crippen molar-refractivity contribution in [3.8, 4) is 17.2 Å². The molecule has 2 N–H and O–H groups in total. The lowest BCUT2D eigenvalue weighted by Gasteiger charge is -2.14. The van der Waals surface area contributed by atoms with Gasteiger partial charge in [-0.25, -0.2) is 0 Å². The molecule has 2 aromatic rings. The third kappa shape index (κ3) is 5.63. The highest BCUT2D eigenvalue weighted by Crippen LogP contribution is 2.37. The van der Waals surface area contributed by atoms with Crippen LogP contribution < -0.4 is 24.8 Å². The highest BCUT2D eigenvalue weighted by Gasteiger charge is 2.16. The van der Waals surface area contributed by atoms with Gasteiger partial charge in [-0.3, -0.25) is 4.99 Å². The largest absolute Gasteiger partial charge is 0.493 e. The van der Waals surface area contributed by atoms with Gasteiger partial charge >= 0.3 is 0 Å². The van der Waals surface area contributed by atoms with Crippen molar-refractivity contribution in [2.45, 2.75) is 25.8 Å². The van der Waals surface area contributed by atoms with Gasteiger partial charge in [0.1, 0.15) is 5.75 Å². The predicted octanol–water partition coefficient (Wildman–Crippen LogP) is 3.96. The predicted molar refractivity (Wildman–Crippen MR) is 130 cm³/mol. The van der Waals surface area contributed by atoms with E-state index in [4.69, 9.17) is 25.8 Å².